The van der Waals surface area contributed by atoms with Crippen LogP contribution in [0.5, 0.6) is 0 Å². The number of carbonyl (C=O) groups is 2. The fourth-order valence-corrected chi connectivity index (χ4v) is 1.44. The maximum atomic E-state index is 11.5. The number of nitrogens with one attached hydrogen (secondary N) is 1. The molecule has 2 amide bonds. The molecule has 1 heterocycles. The highest BCUT2D eigenvalue weighted by Gasteiger charge is 2.19. The number of carboxylic acids is 1. The van der Waals surface area contributed by atoms with Crippen LogP contribution >= 0.6 is 0 Å². The number of nitrogens with zero attached hydrogens (tertiary/aromatic N) is 1. The molecule has 0 bridgehead atoms. The van der Waals surface area contributed by atoms with Crippen molar-refractivity contribution in [2.45, 2.75) is 19.4 Å². The standard InChI is InChI=1S/C9H16N2O4/c1-7-6-11(3-2-4-15-7)9(14)10-5-8(12)13/h7H,2-6H2,1H3,(H,10,14)(H,12,13). The van der Waals surface area contributed by atoms with Gasteiger partial charge in [-0.05, 0) is 13.3 Å². The molecule has 1 atom stereocenters. The summed E-state index contributed by atoms with van der Waals surface area (Å²) in [6, 6.07) is -0.338. The van der Waals surface area contributed by atoms with Gasteiger partial charge in [-0.1, -0.05) is 0 Å². The average Bonchev–Trinajstić information content (AvgIpc) is 2.39. The van der Waals surface area contributed by atoms with Crippen LogP contribution in [0.15, 0.2) is 0 Å². The summed E-state index contributed by atoms with van der Waals surface area (Å²) >= 11 is 0. The van der Waals surface area contributed by atoms with E-state index in [0.29, 0.717) is 19.7 Å². The Hall–Kier alpha value is -1.30. The SMILES string of the molecule is CC1CN(C(=O)NCC(=O)O)CCCO1. The lowest BCUT2D eigenvalue weighted by Gasteiger charge is -2.21. The van der Waals surface area contributed by atoms with Crippen molar-refractivity contribution in [1.29, 1.82) is 0 Å². The molecular formula is C9H16N2O4. The second-order valence-corrected chi connectivity index (χ2v) is 3.53. The van der Waals surface area contributed by atoms with Crippen LogP contribution in [0, 0.1) is 0 Å². The molecule has 1 aliphatic heterocycles. The molecule has 6 heteroatoms. The molecule has 0 aromatic rings. The van der Waals surface area contributed by atoms with Crippen LogP contribution in [0.25, 0.3) is 0 Å². The zero-order valence-electron chi connectivity index (χ0n) is 8.73. The van der Waals surface area contributed by atoms with Crippen molar-refractivity contribution in [3.63, 3.8) is 0 Å². The smallest absolute Gasteiger partial charge is 0.323 e. The molecular weight excluding hydrogens is 200 g/mol. The van der Waals surface area contributed by atoms with Gasteiger partial charge in [-0.25, -0.2) is 4.79 Å². The maximum absolute atomic E-state index is 11.5. The van der Waals surface area contributed by atoms with Gasteiger partial charge in [-0.2, -0.15) is 0 Å². The summed E-state index contributed by atoms with van der Waals surface area (Å²) < 4.78 is 5.37. The summed E-state index contributed by atoms with van der Waals surface area (Å²) in [6.45, 7) is 3.30. The Morgan fingerprint density at radius 1 is 1.60 bits per heavy atom. The molecule has 1 saturated heterocycles. The van der Waals surface area contributed by atoms with E-state index in [-0.39, 0.29) is 18.7 Å². The van der Waals surface area contributed by atoms with Crippen molar-refractivity contribution >= 4 is 12.0 Å². The molecule has 1 rings (SSSR count). The van der Waals surface area contributed by atoms with E-state index in [1.54, 1.807) is 4.90 Å². The number of carboxylic acid groups (broad SMARTS) is 1. The number of urea groups is 1. The summed E-state index contributed by atoms with van der Waals surface area (Å²) in [7, 11) is 0. The average molecular weight is 216 g/mol. The number of carbonyl (C=O) groups excluding carboxylic acids is 1. The highest BCUT2D eigenvalue weighted by Crippen LogP contribution is 2.05. The second kappa shape index (κ2) is 5.55. The third-order valence-electron chi connectivity index (χ3n) is 2.13. The minimum absolute atomic E-state index is 0.00285. The van der Waals surface area contributed by atoms with Crippen molar-refractivity contribution < 1.29 is 19.4 Å². The molecule has 0 aromatic carbocycles. The molecule has 1 unspecified atom stereocenters. The molecule has 6 nitrogen and oxygen atoms in total. The quantitative estimate of drug-likeness (QED) is 0.675. The molecule has 0 aliphatic carbocycles. The van der Waals surface area contributed by atoms with E-state index in [9.17, 15) is 9.59 Å². The predicted molar refractivity (Wildman–Crippen MR) is 52.6 cm³/mol. The zero-order valence-corrected chi connectivity index (χ0v) is 8.73. The summed E-state index contributed by atoms with van der Waals surface area (Å²) in [5.41, 5.74) is 0. The molecule has 1 aliphatic rings. The van der Waals surface area contributed by atoms with Gasteiger partial charge in [0.25, 0.3) is 0 Å². The van der Waals surface area contributed by atoms with Gasteiger partial charge in [-0.3, -0.25) is 4.79 Å². The second-order valence-electron chi connectivity index (χ2n) is 3.53. The summed E-state index contributed by atoms with van der Waals surface area (Å²) in [5, 5.41) is 10.7. The first kappa shape index (κ1) is 11.8. The number of hydrogen-bond acceptors (Lipinski definition) is 3. The Morgan fingerprint density at radius 2 is 2.33 bits per heavy atom. The zero-order chi connectivity index (χ0) is 11.3. The van der Waals surface area contributed by atoms with Crippen LogP contribution < -0.4 is 5.32 Å². The number of amides is 2. The number of hydrogen-bond donors (Lipinski definition) is 2. The Labute approximate surface area is 88.2 Å². The van der Waals surface area contributed by atoms with Crippen molar-refractivity contribution in [2.24, 2.45) is 0 Å². The van der Waals surface area contributed by atoms with E-state index >= 15 is 0 Å². The minimum Gasteiger partial charge on any atom is -0.480 e. The number of ether oxygens (including phenoxy) is 1. The van der Waals surface area contributed by atoms with Gasteiger partial charge >= 0.3 is 12.0 Å². The minimum atomic E-state index is -1.04. The topological polar surface area (TPSA) is 78.9 Å². The summed E-state index contributed by atoms with van der Waals surface area (Å²) in [4.78, 5) is 23.3. The third-order valence-corrected chi connectivity index (χ3v) is 2.13. The molecule has 0 spiro atoms. The Morgan fingerprint density at radius 3 is 3.00 bits per heavy atom. The first-order valence-electron chi connectivity index (χ1n) is 4.96. The molecule has 0 aromatic heterocycles. The van der Waals surface area contributed by atoms with Crippen molar-refractivity contribution in [3.05, 3.63) is 0 Å². The van der Waals surface area contributed by atoms with E-state index in [4.69, 9.17) is 9.84 Å². The van der Waals surface area contributed by atoms with Gasteiger partial charge in [-0.15, -0.1) is 0 Å². The van der Waals surface area contributed by atoms with Crippen LogP contribution in [-0.2, 0) is 9.53 Å². The first-order valence-corrected chi connectivity index (χ1v) is 4.96. The lowest BCUT2D eigenvalue weighted by Crippen LogP contribution is -2.44. The molecule has 0 saturated carbocycles. The fraction of sp³-hybridized carbons (Fsp3) is 0.778. The summed E-state index contributed by atoms with van der Waals surface area (Å²) in [5.74, 6) is -1.04. The highest BCUT2D eigenvalue weighted by atomic mass is 16.5. The number of rotatable bonds is 2. The molecule has 2 N–H and O–H groups in total. The van der Waals surface area contributed by atoms with Gasteiger partial charge in [0.05, 0.1) is 6.10 Å². The normalized spacial score (nSPS) is 21.9. The van der Waals surface area contributed by atoms with Gasteiger partial charge in [0.15, 0.2) is 0 Å². The maximum Gasteiger partial charge on any atom is 0.323 e. The Balaban J connectivity index is 2.39. The van der Waals surface area contributed by atoms with Crippen LogP contribution in [0.2, 0.25) is 0 Å². The molecule has 0 radical (unpaired) electrons. The number of aliphatic carboxylic acids is 1. The largest absolute Gasteiger partial charge is 0.480 e. The van der Waals surface area contributed by atoms with Crippen LogP contribution in [0.3, 0.4) is 0 Å². The van der Waals surface area contributed by atoms with E-state index in [2.05, 4.69) is 5.32 Å². The highest BCUT2D eigenvalue weighted by molar-refractivity contribution is 5.79. The van der Waals surface area contributed by atoms with Gasteiger partial charge in [0.2, 0.25) is 0 Å². The van der Waals surface area contributed by atoms with Gasteiger partial charge < -0.3 is 20.1 Å². The van der Waals surface area contributed by atoms with Crippen molar-refractivity contribution in [2.75, 3.05) is 26.2 Å². The van der Waals surface area contributed by atoms with Crippen LogP contribution in [-0.4, -0.2) is 54.4 Å². The van der Waals surface area contributed by atoms with Gasteiger partial charge in [0.1, 0.15) is 6.54 Å². The lowest BCUT2D eigenvalue weighted by molar-refractivity contribution is -0.135. The predicted octanol–water partition coefficient (Wildman–Crippen LogP) is -0.109. The lowest BCUT2D eigenvalue weighted by atomic mass is 10.3. The first-order chi connectivity index (χ1) is 7.09. The van der Waals surface area contributed by atoms with Gasteiger partial charge in [0, 0.05) is 19.7 Å². The fourth-order valence-electron chi connectivity index (χ4n) is 1.44. The Kier molecular flexibility index (Phi) is 4.36. The van der Waals surface area contributed by atoms with Crippen molar-refractivity contribution in [1.82, 2.24) is 10.2 Å². The molecule has 1 fully saturated rings. The Bertz CT molecular complexity index is 244. The molecule has 15 heavy (non-hydrogen) atoms. The third kappa shape index (κ3) is 4.16. The van der Waals surface area contributed by atoms with E-state index in [1.165, 1.54) is 0 Å². The van der Waals surface area contributed by atoms with E-state index in [0.717, 1.165) is 6.42 Å². The van der Waals surface area contributed by atoms with E-state index < -0.39 is 5.97 Å². The van der Waals surface area contributed by atoms with Crippen molar-refractivity contribution in [3.8, 4) is 0 Å². The monoisotopic (exact) mass is 216 g/mol. The molecule has 86 valence electrons. The van der Waals surface area contributed by atoms with E-state index in [1.807, 2.05) is 6.92 Å². The van der Waals surface area contributed by atoms with Crippen LogP contribution in [0.1, 0.15) is 13.3 Å². The summed E-state index contributed by atoms with van der Waals surface area (Å²) in [6.07, 6.45) is 0.785. The van der Waals surface area contributed by atoms with Crippen LogP contribution in [0.4, 0.5) is 4.79 Å².